The Kier molecular flexibility index (Phi) is 6.14. The van der Waals surface area contributed by atoms with E-state index < -0.39 is 5.54 Å². The summed E-state index contributed by atoms with van der Waals surface area (Å²) in [4.78, 5) is 31.4. The van der Waals surface area contributed by atoms with Gasteiger partial charge in [-0.2, -0.15) is 5.10 Å². The number of anilines is 1. The van der Waals surface area contributed by atoms with Crippen molar-refractivity contribution < 1.29 is 9.53 Å². The summed E-state index contributed by atoms with van der Waals surface area (Å²) >= 11 is 0. The van der Waals surface area contributed by atoms with Gasteiger partial charge in [-0.05, 0) is 38.8 Å². The van der Waals surface area contributed by atoms with Gasteiger partial charge in [-0.1, -0.05) is 0 Å². The Labute approximate surface area is 205 Å². The number of carbonyl (C=O) groups excluding carboxylic acids is 1. The minimum absolute atomic E-state index is 0.144. The van der Waals surface area contributed by atoms with Gasteiger partial charge in [-0.25, -0.2) is 9.97 Å². The van der Waals surface area contributed by atoms with Crippen molar-refractivity contribution in [2.45, 2.75) is 38.8 Å². The van der Waals surface area contributed by atoms with Gasteiger partial charge >= 0.3 is 0 Å². The molecule has 0 unspecified atom stereocenters. The van der Waals surface area contributed by atoms with Gasteiger partial charge in [-0.3, -0.25) is 14.5 Å². The Morgan fingerprint density at radius 3 is 2.54 bits per heavy atom. The van der Waals surface area contributed by atoms with Crippen molar-refractivity contribution in [2.75, 3.05) is 38.2 Å². The van der Waals surface area contributed by atoms with Crippen LogP contribution in [0.5, 0.6) is 5.75 Å². The fourth-order valence-corrected chi connectivity index (χ4v) is 5.14. The molecule has 0 atom stereocenters. The topological polar surface area (TPSA) is 101 Å². The van der Waals surface area contributed by atoms with Crippen LogP contribution in [0.15, 0.2) is 30.7 Å². The summed E-state index contributed by atoms with van der Waals surface area (Å²) in [5.41, 5.74) is 4.10. The molecule has 1 amide bonds. The maximum atomic E-state index is 13.8. The zero-order valence-electron chi connectivity index (χ0n) is 20.8. The Morgan fingerprint density at radius 1 is 1.09 bits per heavy atom. The Bertz CT molecular complexity index is 1210. The number of piperazine rings is 1. The highest BCUT2D eigenvalue weighted by atomic mass is 16.5. The molecule has 2 fully saturated rings. The lowest BCUT2D eigenvalue weighted by atomic mass is 9.84. The molecule has 10 heteroatoms. The van der Waals surface area contributed by atoms with E-state index in [0.29, 0.717) is 31.7 Å². The summed E-state index contributed by atoms with van der Waals surface area (Å²) < 4.78 is 7.13. The second-order valence-corrected chi connectivity index (χ2v) is 9.45. The molecule has 3 aromatic rings. The minimum atomic E-state index is -0.555. The molecule has 5 heterocycles. The molecule has 2 aliphatic rings. The maximum Gasteiger partial charge on any atom is 0.243 e. The molecule has 10 nitrogen and oxygen atoms in total. The number of amides is 1. The van der Waals surface area contributed by atoms with Crippen LogP contribution in [-0.4, -0.2) is 74.4 Å². The van der Waals surface area contributed by atoms with Gasteiger partial charge in [0.05, 0.1) is 25.5 Å². The van der Waals surface area contributed by atoms with E-state index in [1.165, 1.54) is 0 Å². The first-order valence-electron chi connectivity index (χ1n) is 12.0. The van der Waals surface area contributed by atoms with E-state index in [4.69, 9.17) is 4.74 Å². The zero-order chi connectivity index (χ0) is 24.6. The van der Waals surface area contributed by atoms with Crippen molar-refractivity contribution in [1.82, 2.24) is 34.9 Å². The molecule has 184 valence electrons. The fraction of sp³-hybridized carbons (Fsp3) is 0.480. The molecule has 0 bridgehead atoms. The standard InChI is InChI=1S/C25H32N8O2/c1-17-11-18(2)29-24(28-17)32-8-5-25(6-9-32)23(34)33(10-7-27-25)16-22-21(15-31(3)30-22)19-12-20(35-4)14-26-13-19/h11-15,27H,5-10,16H2,1-4H3. The number of hydrogen-bond acceptors (Lipinski definition) is 8. The van der Waals surface area contributed by atoms with Crippen LogP contribution in [-0.2, 0) is 18.4 Å². The SMILES string of the molecule is COc1cncc(-c2cn(C)nc2CN2CCNC3(CCN(c4nc(C)cc(C)n4)CC3)C2=O)c1. The first-order chi connectivity index (χ1) is 16.9. The predicted molar refractivity (Wildman–Crippen MR) is 132 cm³/mol. The van der Waals surface area contributed by atoms with Crippen molar-refractivity contribution >= 4 is 11.9 Å². The summed E-state index contributed by atoms with van der Waals surface area (Å²) in [7, 11) is 3.52. The lowest BCUT2D eigenvalue weighted by molar-refractivity contribution is -0.143. The molecule has 3 aromatic heterocycles. The molecule has 2 aliphatic heterocycles. The third kappa shape index (κ3) is 4.58. The summed E-state index contributed by atoms with van der Waals surface area (Å²) in [6.45, 7) is 7.31. The van der Waals surface area contributed by atoms with E-state index in [1.54, 1.807) is 24.2 Å². The number of hydrogen-bond donors (Lipinski definition) is 1. The molecular weight excluding hydrogens is 444 g/mol. The smallest absolute Gasteiger partial charge is 0.243 e. The third-order valence-electron chi connectivity index (χ3n) is 6.92. The highest BCUT2D eigenvalue weighted by molar-refractivity contribution is 5.87. The average molecular weight is 477 g/mol. The molecule has 1 N–H and O–H groups in total. The molecule has 2 saturated heterocycles. The summed E-state index contributed by atoms with van der Waals surface area (Å²) in [5.74, 6) is 1.58. The van der Waals surface area contributed by atoms with Crippen molar-refractivity contribution in [3.63, 3.8) is 0 Å². The van der Waals surface area contributed by atoms with E-state index >= 15 is 0 Å². The van der Waals surface area contributed by atoms with Crippen molar-refractivity contribution in [3.05, 3.63) is 47.8 Å². The molecule has 1 spiro atoms. The maximum absolute atomic E-state index is 13.8. The number of piperidine rings is 1. The van der Waals surface area contributed by atoms with Crippen LogP contribution in [0, 0.1) is 13.8 Å². The number of ether oxygens (including phenoxy) is 1. The van der Waals surface area contributed by atoms with Crippen LogP contribution in [0.25, 0.3) is 11.1 Å². The third-order valence-corrected chi connectivity index (χ3v) is 6.92. The molecule has 0 saturated carbocycles. The second kappa shape index (κ2) is 9.26. The van der Waals surface area contributed by atoms with Crippen LogP contribution in [0.2, 0.25) is 0 Å². The predicted octanol–water partition coefficient (Wildman–Crippen LogP) is 1.87. The largest absolute Gasteiger partial charge is 0.495 e. The van der Waals surface area contributed by atoms with Gasteiger partial charge in [-0.15, -0.1) is 0 Å². The summed E-state index contributed by atoms with van der Waals surface area (Å²) in [6.07, 6.45) is 6.88. The summed E-state index contributed by atoms with van der Waals surface area (Å²) in [5, 5.41) is 8.23. The molecule has 35 heavy (non-hydrogen) atoms. The van der Waals surface area contributed by atoms with Crippen LogP contribution in [0.3, 0.4) is 0 Å². The minimum Gasteiger partial charge on any atom is -0.495 e. The van der Waals surface area contributed by atoms with E-state index in [2.05, 4.69) is 30.3 Å². The van der Waals surface area contributed by atoms with E-state index in [9.17, 15) is 4.79 Å². The van der Waals surface area contributed by atoms with Gasteiger partial charge in [0.2, 0.25) is 11.9 Å². The first-order valence-corrected chi connectivity index (χ1v) is 12.0. The number of pyridine rings is 1. The van der Waals surface area contributed by atoms with E-state index in [-0.39, 0.29) is 5.91 Å². The lowest BCUT2D eigenvalue weighted by Crippen LogP contribution is -2.67. The van der Waals surface area contributed by atoms with Crippen molar-refractivity contribution in [1.29, 1.82) is 0 Å². The number of rotatable bonds is 5. The monoisotopic (exact) mass is 476 g/mol. The number of nitrogens with one attached hydrogen (secondary N) is 1. The van der Waals surface area contributed by atoms with Crippen molar-refractivity contribution in [3.8, 4) is 16.9 Å². The van der Waals surface area contributed by atoms with Gasteiger partial charge in [0.25, 0.3) is 0 Å². The van der Waals surface area contributed by atoms with Crippen molar-refractivity contribution in [2.24, 2.45) is 7.05 Å². The molecular formula is C25H32N8O2. The van der Waals surface area contributed by atoms with Gasteiger partial charge in [0.1, 0.15) is 11.3 Å². The molecule has 0 aliphatic carbocycles. The van der Waals surface area contributed by atoms with Gasteiger partial charge in [0, 0.05) is 68.1 Å². The normalized spacial score (nSPS) is 17.8. The van der Waals surface area contributed by atoms with Crippen LogP contribution < -0.4 is 15.0 Å². The number of nitrogens with zero attached hydrogens (tertiary/aromatic N) is 7. The van der Waals surface area contributed by atoms with Gasteiger partial charge < -0.3 is 19.9 Å². The highest BCUT2D eigenvalue weighted by Crippen LogP contribution is 2.31. The summed E-state index contributed by atoms with van der Waals surface area (Å²) in [6, 6.07) is 3.92. The van der Waals surface area contributed by atoms with Gasteiger partial charge in [0.15, 0.2) is 0 Å². The number of methoxy groups -OCH3 is 1. The zero-order valence-corrected chi connectivity index (χ0v) is 20.8. The molecule has 5 rings (SSSR count). The average Bonchev–Trinajstić information content (AvgIpc) is 3.22. The number of aromatic nitrogens is 5. The van der Waals surface area contributed by atoms with Crippen LogP contribution in [0.4, 0.5) is 5.95 Å². The second-order valence-electron chi connectivity index (χ2n) is 9.45. The Balaban J connectivity index is 1.32. The fourth-order valence-electron chi connectivity index (χ4n) is 5.14. The quantitative estimate of drug-likeness (QED) is 0.596. The van der Waals surface area contributed by atoms with E-state index in [0.717, 1.165) is 53.8 Å². The molecule has 0 radical (unpaired) electrons. The molecule has 0 aromatic carbocycles. The Morgan fingerprint density at radius 2 is 1.83 bits per heavy atom. The number of carbonyl (C=O) groups is 1. The lowest BCUT2D eigenvalue weighted by Gasteiger charge is -2.47. The van der Waals surface area contributed by atoms with Crippen LogP contribution in [0.1, 0.15) is 29.9 Å². The highest BCUT2D eigenvalue weighted by Gasteiger charge is 2.46. The van der Waals surface area contributed by atoms with E-state index in [1.807, 2.05) is 44.1 Å². The number of aryl methyl sites for hydroxylation is 3. The van der Waals surface area contributed by atoms with Crippen LogP contribution >= 0.6 is 0 Å². The Hall–Kier alpha value is -3.53. The first kappa shape index (κ1) is 23.2.